The summed E-state index contributed by atoms with van der Waals surface area (Å²) in [5.74, 6) is 0. The zero-order valence-electron chi connectivity index (χ0n) is 23.2. The van der Waals surface area contributed by atoms with Gasteiger partial charge < -0.3 is 45.2 Å². The molecule has 1 saturated heterocycles. The lowest BCUT2D eigenvalue weighted by atomic mass is 9.99. The first-order chi connectivity index (χ1) is 17.7. The summed E-state index contributed by atoms with van der Waals surface area (Å²) in [6, 6.07) is 0. The minimum absolute atomic E-state index is 0.511. The molecule has 222 valence electrons. The Kier molecular flexibility index (Phi) is 19.2. The molecule has 0 bridgehead atoms. The van der Waals surface area contributed by atoms with E-state index < -0.39 is 61.7 Å². The van der Waals surface area contributed by atoms with Crippen molar-refractivity contribution in [1.29, 1.82) is 0 Å². The van der Waals surface area contributed by atoms with Crippen molar-refractivity contribution in [2.45, 2.75) is 172 Å². The van der Waals surface area contributed by atoms with Gasteiger partial charge in [0.15, 0.2) is 6.29 Å². The summed E-state index contributed by atoms with van der Waals surface area (Å²) < 4.78 is 11.1. The standard InChI is InChI=1S/C28H56O9/c1-20(30)22(32)17-15-13-11-9-7-5-3-4-6-8-10-12-14-16-18-23(21(2)31)36-28-27(35)26(34)25(33)24(19-29)37-28/h20-35H,3-19H2,1-2H3. The number of aliphatic hydroxyl groups is 7. The van der Waals surface area contributed by atoms with E-state index in [1.165, 1.54) is 57.8 Å². The molecule has 9 heteroatoms. The van der Waals surface area contributed by atoms with Gasteiger partial charge in [-0.15, -0.1) is 0 Å². The van der Waals surface area contributed by atoms with Gasteiger partial charge in [0.1, 0.15) is 24.4 Å². The van der Waals surface area contributed by atoms with Crippen LogP contribution in [-0.2, 0) is 9.47 Å². The second-order valence-corrected chi connectivity index (χ2v) is 10.9. The third kappa shape index (κ3) is 14.6. The van der Waals surface area contributed by atoms with E-state index in [-0.39, 0.29) is 0 Å². The molecule has 0 spiro atoms. The van der Waals surface area contributed by atoms with Crippen molar-refractivity contribution < 1.29 is 45.2 Å². The smallest absolute Gasteiger partial charge is 0.187 e. The van der Waals surface area contributed by atoms with Gasteiger partial charge in [-0.2, -0.15) is 0 Å². The number of aliphatic hydroxyl groups excluding tert-OH is 7. The van der Waals surface area contributed by atoms with E-state index in [0.717, 1.165) is 32.1 Å². The lowest BCUT2D eigenvalue weighted by Gasteiger charge is -2.41. The van der Waals surface area contributed by atoms with Crippen LogP contribution < -0.4 is 0 Å². The third-order valence-electron chi connectivity index (χ3n) is 7.49. The van der Waals surface area contributed by atoms with Crippen molar-refractivity contribution >= 4 is 0 Å². The van der Waals surface area contributed by atoms with Crippen molar-refractivity contribution in [3.63, 3.8) is 0 Å². The number of ether oxygens (including phenoxy) is 2. The maximum Gasteiger partial charge on any atom is 0.187 e. The minimum atomic E-state index is -1.49. The zero-order chi connectivity index (χ0) is 27.6. The molecule has 0 aromatic carbocycles. The molecular formula is C28H56O9. The molecule has 0 aromatic rings. The number of hydrogen-bond acceptors (Lipinski definition) is 9. The zero-order valence-corrected chi connectivity index (χ0v) is 23.2. The van der Waals surface area contributed by atoms with Gasteiger partial charge in [-0.3, -0.25) is 0 Å². The van der Waals surface area contributed by atoms with Gasteiger partial charge in [0, 0.05) is 0 Å². The van der Waals surface area contributed by atoms with Crippen LogP contribution in [0.2, 0.25) is 0 Å². The van der Waals surface area contributed by atoms with Crippen LogP contribution in [0.4, 0.5) is 0 Å². The molecule has 1 aliphatic rings. The fraction of sp³-hybridized carbons (Fsp3) is 1.00. The highest BCUT2D eigenvalue weighted by Gasteiger charge is 2.45. The monoisotopic (exact) mass is 536 g/mol. The first-order valence-electron chi connectivity index (χ1n) is 14.7. The van der Waals surface area contributed by atoms with E-state index in [1.807, 2.05) is 0 Å². The van der Waals surface area contributed by atoms with E-state index in [4.69, 9.17) is 9.47 Å². The molecule has 0 radical (unpaired) electrons. The summed E-state index contributed by atoms with van der Waals surface area (Å²) in [7, 11) is 0. The predicted molar refractivity (Wildman–Crippen MR) is 142 cm³/mol. The second kappa shape index (κ2) is 20.5. The molecule has 9 unspecified atom stereocenters. The van der Waals surface area contributed by atoms with Crippen molar-refractivity contribution in [3.8, 4) is 0 Å². The SMILES string of the molecule is CC(O)C(O)CCCCCCCCCCCCCCCCC(OC1OC(CO)C(O)C(O)C1O)C(C)O. The van der Waals surface area contributed by atoms with E-state index in [0.29, 0.717) is 12.8 Å². The number of unbranched alkanes of at least 4 members (excludes halogenated alkanes) is 13. The van der Waals surface area contributed by atoms with Crippen LogP contribution in [0.15, 0.2) is 0 Å². The summed E-state index contributed by atoms with van der Waals surface area (Å²) in [5.41, 5.74) is 0. The lowest BCUT2D eigenvalue weighted by Crippen LogP contribution is -2.60. The first-order valence-corrected chi connectivity index (χ1v) is 14.7. The highest BCUT2D eigenvalue weighted by Crippen LogP contribution is 2.25. The fourth-order valence-corrected chi connectivity index (χ4v) is 4.84. The van der Waals surface area contributed by atoms with Crippen LogP contribution in [-0.4, -0.2) is 97.5 Å². The van der Waals surface area contributed by atoms with E-state index in [1.54, 1.807) is 13.8 Å². The molecule has 0 aliphatic carbocycles. The summed E-state index contributed by atoms with van der Waals surface area (Å²) in [6.07, 6.45) is 8.46. The second-order valence-electron chi connectivity index (χ2n) is 10.9. The van der Waals surface area contributed by atoms with Gasteiger partial charge in [0.2, 0.25) is 0 Å². The maximum atomic E-state index is 10.1. The quantitative estimate of drug-likeness (QED) is 0.103. The minimum Gasteiger partial charge on any atom is -0.394 e. The molecule has 37 heavy (non-hydrogen) atoms. The molecule has 1 heterocycles. The van der Waals surface area contributed by atoms with Gasteiger partial charge in [-0.05, 0) is 26.7 Å². The molecule has 1 fully saturated rings. The van der Waals surface area contributed by atoms with E-state index >= 15 is 0 Å². The van der Waals surface area contributed by atoms with Crippen molar-refractivity contribution in [1.82, 2.24) is 0 Å². The molecule has 9 atom stereocenters. The Morgan fingerprint density at radius 1 is 0.595 bits per heavy atom. The van der Waals surface area contributed by atoms with E-state index in [9.17, 15) is 35.7 Å². The van der Waals surface area contributed by atoms with Crippen molar-refractivity contribution in [2.24, 2.45) is 0 Å². The molecule has 0 amide bonds. The van der Waals surface area contributed by atoms with Gasteiger partial charge in [-0.25, -0.2) is 0 Å². The van der Waals surface area contributed by atoms with Gasteiger partial charge in [0.25, 0.3) is 0 Å². The molecule has 7 N–H and O–H groups in total. The summed E-state index contributed by atoms with van der Waals surface area (Å²) in [6.45, 7) is 2.73. The average molecular weight is 537 g/mol. The summed E-state index contributed by atoms with van der Waals surface area (Å²) in [5, 5.41) is 68.2. The average Bonchev–Trinajstić information content (AvgIpc) is 2.87. The Morgan fingerprint density at radius 3 is 1.43 bits per heavy atom. The number of hydrogen-bond donors (Lipinski definition) is 7. The van der Waals surface area contributed by atoms with Gasteiger partial charge >= 0.3 is 0 Å². The molecule has 9 nitrogen and oxygen atoms in total. The van der Waals surface area contributed by atoms with Gasteiger partial charge in [-0.1, -0.05) is 89.9 Å². The molecule has 1 aliphatic heterocycles. The maximum absolute atomic E-state index is 10.1. The van der Waals surface area contributed by atoms with Crippen molar-refractivity contribution in [2.75, 3.05) is 6.61 Å². The van der Waals surface area contributed by atoms with Crippen molar-refractivity contribution in [3.05, 3.63) is 0 Å². The summed E-state index contributed by atoms with van der Waals surface area (Å²) in [4.78, 5) is 0. The van der Waals surface area contributed by atoms with Crippen LogP contribution in [0.25, 0.3) is 0 Å². The van der Waals surface area contributed by atoms with Crippen LogP contribution in [0, 0.1) is 0 Å². The van der Waals surface area contributed by atoms with Crippen LogP contribution in [0.3, 0.4) is 0 Å². The third-order valence-corrected chi connectivity index (χ3v) is 7.49. The number of rotatable bonds is 22. The highest BCUT2D eigenvalue weighted by molar-refractivity contribution is 4.89. The Morgan fingerprint density at radius 2 is 1.03 bits per heavy atom. The van der Waals surface area contributed by atoms with Crippen LogP contribution >= 0.6 is 0 Å². The first kappa shape index (κ1) is 34.7. The van der Waals surface area contributed by atoms with E-state index in [2.05, 4.69) is 0 Å². The Labute approximate surface area is 223 Å². The van der Waals surface area contributed by atoms with Crippen LogP contribution in [0.5, 0.6) is 0 Å². The Balaban J connectivity index is 2.01. The predicted octanol–water partition coefficient (Wildman–Crippen LogP) is 2.54. The molecule has 0 saturated carbocycles. The molecule has 0 aromatic heterocycles. The fourth-order valence-electron chi connectivity index (χ4n) is 4.84. The normalized spacial score (nSPS) is 27.6. The van der Waals surface area contributed by atoms with Gasteiger partial charge in [0.05, 0.1) is 31.0 Å². The Hall–Kier alpha value is -0.360. The summed E-state index contributed by atoms with van der Waals surface area (Å²) >= 11 is 0. The Bertz CT molecular complexity index is 532. The lowest BCUT2D eigenvalue weighted by molar-refractivity contribution is -0.317. The largest absolute Gasteiger partial charge is 0.394 e. The van der Waals surface area contributed by atoms with Crippen LogP contribution in [0.1, 0.15) is 117 Å². The molecular weight excluding hydrogens is 480 g/mol. The molecule has 1 rings (SSSR count). The highest BCUT2D eigenvalue weighted by atomic mass is 16.7. The topological polar surface area (TPSA) is 160 Å².